The largest absolute Gasteiger partial charge is 0.326 e. The lowest BCUT2D eigenvalue weighted by atomic mass is 10.0. The summed E-state index contributed by atoms with van der Waals surface area (Å²) in [6.07, 6.45) is 0.118. The summed E-state index contributed by atoms with van der Waals surface area (Å²) < 4.78 is 13.7. The van der Waals surface area contributed by atoms with Gasteiger partial charge in [-0.2, -0.15) is 5.26 Å². The van der Waals surface area contributed by atoms with E-state index in [-0.39, 0.29) is 23.6 Å². The molecule has 0 fully saturated rings. The van der Waals surface area contributed by atoms with E-state index in [2.05, 4.69) is 5.32 Å². The molecule has 2 rings (SSSR count). The van der Waals surface area contributed by atoms with Gasteiger partial charge in [0.25, 0.3) is 0 Å². The molecule has 0 bridgehead atoms. The molecule has 2 aromatic rings. The maximum absolute atomic E-state index is 13.7. The highest BCUT2D eigenvalue weighted by Crippen LogP contribution is 2.16. The minimum Gasteiger partial charge on any atom is -0.326 e. The number of nitrogens with two attached hydrogens (primary N) is 1. The van der Waals surface area contributed by atoms with Crippen molar-refractivity contribution < 1.29 is 9.18 Å². The van der Waals surface area contributed by atoms with Crippen molar-refractivity contribution in [2.45, 2.75) is 13.0 Å². The number of nitriles is 1. The van der Waals surface area contributed by atoms with Gasteiger partial charge in [0.2, 0.25) is 5.91 Å². The van der Waals surface area contributed by atoms with E-state index in [0.717, 1.165) is 17.2 Å². The van der Waals surface area contributed by atoms with Crippen molar-refractivity contribution in [3.8, 4) is 6.07 Å². The van der Waals surface area contributed by atoms with E-state index in [1.807, 2.05) is 30.3 Å². The zero-order valence-electron chi connectivity index (χ0n) is 11.3. The number of rotatable bonds is 4. The Bertz CT molecular complexity index is 707. The number of benzene rings is 2. The maximum atomic E-state index is 13.7. The standard InChI is InChI=1S/C16H14FN3O/c17-14-7-11(9-18)5-6-15(14)20-16(21)8-12-3-1-2-4-13(12)10-19/h1-7H,8,10,19H2,(H,20,21). The smallest absolute Gasteiger partial charge is 0.228 e. The van der Waals surface area contributed by atoms with Gasteiger partial charge < -0.3 is 11.1 Å². The van der Waals surface area contributed by atoms with Crippen molar-refractivity contribution in [2.75, 3.05) is 5.32 Å². The van der Waals surface area contributed by atoms with E-state index >= 15 is 0 Å². The number of amides is 1. The molecule has 5 heteroatoms. The summed E-state index contributed by atoms with van der Waals surface area (Å²) in [7, 11) is 0. The number of carbonyl (C=O) groups excluding carboxylic acids is 1. The van der Waals surface area contributed by atoms with Gasteiger partial charge in [-0.25, -0.2) is 4.39 Å². The van der Waals surface area contributed by atoms with Crippen LogP contribution in [0.5, 0.6) is 0 Å². The van der Waals surface area contributed by atoms with Crippen LogP contribution in [0.2, 0.25) is 0 Å². The molecule has 0 aromatic heterocycles. The summed E-state index contributed by atoms with van der Waals surface area (Å²) in [6.45, 7) is 0.342. The van der Waals surface area contributed by atoms with Crippen LogP contribution in [0.1, 0.15) is 16.7 Å². The second-order valence-electron chi connectivity index (χ2n) is 4.50. The number of anilines is 1. The SMILES string of the molecule is N#Cc1ccc(NC(=O)Cc2ccccc2CN)c(F)c1. The van der Waals surface area contributed by atoms with Crippen LogP contribution < -0.4 is 11.1 Å². The summed E-state index contributed by atoms with van der Waals surface area (Å²) in [4.78, 5) is 12.0. The molecule has 0 unspecified atom stereocenters. The first kappa shape index (κ1) is 14.7. The van der Waals surface area contributed by atoms with Gasteiger partial charge in [0.15, 0.2) is 0 Å². The quantitative estimate of drug-likeness (QED) is 0.904. The molecule has 0 spiro atoms. The summed E-state index contributed by atoms with van der Waals surface area (Å²) >= 11 is 0. The molecule has 21 heavy (non-hydrogen) atoms. The van der Waals surface area contributed by atoms with Crippen LogP contribution in [-0.4, -0.2) is 5.91 Å². The third kappa shape index (κ3) is 3.65. The van der Waals surface area contributed by atoms with E-state index < -0.39 is 5.82 Å². The number of hydrogen-bond donors (Lipinski definition) is 2. The Balaban J connectivity index is 2.10. The third-order valence-electron chi connectivity index (χ3n) is 3.06. The molecule has 0 aliphatic carbocycles. The van der Waals surface area contributed by atoms with Crippen molar-refractivity contribution in [1.29, 1.82) is 5.26 Å². The van der Waals surface area contributed by atoms with Crippen LogP contribution in [-0.2, 0) is 17.8 Å². The number of hydrogen-bond acceptors (Lipinski definition) is 3. The third-order valence-corrected chi connectivity index (χ3v) is 3.06. The van der Waals surface area contributed by atoms with Crippen molar-refractivity contribution in [1.82, 2.24) is 0 Å². The van der Waals surface area contributed by atoms with Gasteiger partial charge in [0, 0.05) is 6.54 Å². The van der Waals surface area contributed by atoms with Gasteiger partial charge in [-0.15, -0.1) is 0 Å². The normalized spacial score (nSPS) is 9.95. The monoisotopic (exact) mass is 283 g/mol. The highest BCUT2D eigenvalue weighted by molar-refractivity contribution is 5.92. The molecule has 4 nitrogen and oxygen atoms in total. The molecule has 2 aromatic carbocycles. The Morgan fingerprint density at radius 3 is 2.57 bits per heavy atom. The summed E-state index contributed by atoms with van der Waals surface area (Å²) in [6, 6.07) is 13.1. The second-order valence-corrected chi connectivity index (χ2v) is 4.50. The minimum absolute atomic E-state index is 0.0595. The first-order chi connectivity index (χ1) is 10.1. The molecule has 0 saturated heterocycles. The average Bonchev–Trinajstić information content (AvgIpc) is 2.49. The highest BCUT2D eigenvalue weighted by atomic mass is 19.1. The molecule has 0 aliphatic heterocycles. The van der Waals surface area contributed by atoms with Crippen molar-refractivity contribution in [2.24, 2.45) is 5.73 Å². The van der Waals surface area contributed by atoms with Gasteiger partial charge in [0.1, 0.15) is 5.82 Å². The molecule has 1 amide bonds. The van der Waals surface area contributed by atoms with Crippen LogP contribution in [0.25, 0.3) is 0 Å². The van der Waals surface area contributed by atoms with Crippen molar-refractivity contribution in [3.63, 3.8) is 0 Å². The zero-order chi connectivity index (χ0) is 15.2. The lowest BCUT2D eigenvalue weighted by Gasteiger charge is -2.09. The highest BCUT2D eigenvalue weighted by Gasteiger charge is 2.10. The van der Waals surface area contributed by atoms with E-state index in [0.29, 0.717) is 6.54 Å². The van der Waals surface area contributed by atoms with Gasteiger partial charge in [0.05, 0.1) is 23.7 Å². The number of halogens is 1. The molecular formula is C16H14FN3O. The maximum Gasteiger partial charge on any atom is 0.228 e. The first-order valence-electron chi connectivity index (χ1n) is 6.40. The van der Waals surface area contributed by atoms with E-state index in [1.165, 1.54) is 12.1 Å². The Kier molecular flexibility index (Phi) is 4.64. The molecule has 0 saturated carbocycles. The molecule has 0 heterocycles. The van der Waals surface area contributed by atoms with E-state index in [4.69, 9.17) is 11.0 Å². The molecule has 0 atom stereocenters. The van der Waals surface area contributed by atoms with Crippen LogP contribution in [0.3, 0.4) is 0 Å². The van der Waals surface area contributed by atoms with Gasteiger partial charge in [-0.1, -0.05) is 24.3 Å². The molecular weight excluding hydrogens is 269 g/mol. The Labute approximate surface area is 122 Å². The molecule has 0 aliphatic rings. The number of nitrogens with zero attached hydrogens (tertiary/aromatic N) is 1. The van der Waals surface area contributed by atoms with Crippen molar-refractivity contribution in [3.05, 3.63) is 65.0 Å². The van der Waals surface area contributed by atoms with Crippen LogP contribution >= 0.6 is 0 Å². The lowest BCUT2D eigenvalue weighted by Crippen LogP contribution is -2.17. The van der Waals surface area contributed by atoms with Crippen LogP contribution in [0.4, 0.5) is 10.1 Å². The predicted molar refractivity (Wildman–Crippen MR) is 77.8 cm³/mol. The number of carbonyl (C=O) groups is 1. The molecule has 3 N–H and O–H groups in total. The van der Waals surface area contributed by atoms with E-state index in [1.54, 1.807) is 0 Å². The fourth-order valence-corrected chi connectivity index (χ4v) is 1.98. The van der Waals surface area contributed by atoms with Crippen molar-refractivity contribution >= 4 is 11.6 Å². The van der Waals surface area contributed by atoms with Gasteiger partial charge >= 0.3 is 0 Å². The Morgan fingerprint density at radius 2 is 1.95 bits per heavy atom. The van der Waals surface area contributed by atoms with E-state index in [9.17, 15) is 9.18 Å². The summed E-state index contributed by atoms with van der Waals surface area (Å²) in [5.74, 6) is -0.964. The van der Waals surface area contributed by atoms with Gasteiger partial charge in [-0.3, -0.25) is 4.79 Å². The minimum atomic E-state index is -0.630. The topological polar surface area (TPSA) is 78.9 Å². The average molecular weight is 283 g/mol. The lowest BCUT2D eigenvalue weighted by molar-refractivity contribution is -0.115. The summed E-state index contributed by atoms with van der Waals surface area (Å²) in [5.41, 5.74) is 7.57. The number of nitrogens with one attached hydrogen (secondary N) is 1. The van der Waals surface area contributed by atoms with Gasteiger partial charge in [-0.05, 0) is 29.3 Å². The fraction of sp³-hybridized carbons (Fsp3) is 0.125. The molecule has 0 radical (unpaired) electrons. The zero-order valence-corrected chi connectivity index (χ0v) is 11.3. The first-order valence-corrected chi connectivity index (χ1v) is 6.40. The summed E-state index contributed by atoms with van der Waals surface area (Å²) in [5, 5.41) is 11.2. The fourth-order valence-electron chi connectivity index (χ4n) is 1.98. The Morgan fingerprint density at radius 1 is 1.24 bits per heavy atom. The second kappa shape index (κ2) is 6.64. The van der Waals surface area contributed by atoms with Crippen LogP contribution in [0, 0.1) is 17.1 Å². The Hall–Kier alpha value is -2.71. The predicted octanol–water partition coefficient (Wildman–Crippen LogP) is 2.34. The molecule has 106 valence electrons. The van der Waals surface area contributed by atoms with Crippen LogP contribution in [0.15, 0.2) is 42.5 Å².